The zero-order valence-corrected chi connectivity index (χ0v) is 16.3. The molecule has 0 spiro atoms. The first-order valence-corrected chi connectivity index (χ1v) is 9.07. The van der Waals surface area contributed by atoms with Crippen molar-refractivity contribution in [3.05, 3.63) is 83.6 Å². The molecule has 0 saturated carbocycles. The highest BCUT2D eigenvalue weighted by molar-refractivity contribution is 6.03. The number of hydrogen-bond acceptors (Lipinski definition) is 5. The lowest BCUT2D eigenvalue weighted by Gasteiger charge is -2.15. The Morgan fingerprint density at radius 1 is 1.00 bits per heavy atom. The van der Waals surface area contributed by atoms with Crippen LogP contribution in [-0.4, -0.2) is 23.9 Å². The van der Waals surface area contributed by atoms with E-state index < -0.39 is 29.7 Å². The number of ether oxygens (including phenoxy) is 1. The minimum atomic E-state index is -1.17. The van der Waals surface area contributed by atoms with E-state index in [9.17, 15) is 18.8 Å². The highest BCUT2D eigenvalue weighted by atomic mass is 19.1. The fourth-order valence-electron chi connectivity index (χ4n) is 2.55. The predicted molar refractivity (Wildman–Crippen MR) is 108 cm³/mol. The largest absolute Gasteiger partial charge is 0.459 e. The summed E-state index contributed by atoms with van der Waals surface area (Å²) >= 11 is 0. The fourth-order valence-corrected chi connectivity index (χ4v) is 2.55. The number of hydrogen-bond donors (Lipinski definition) is 2. The molecule has 2 N–H and O–H groups in total. The summed E-state index contributed by atoms with van der Waals surface area (Å²) in [5.41, 5.74) is 1.25. The Balaban J connectivity index is 1.66. The van der Waals surface area contributed by atoms with Crippen LogP contribution >= 0.6 is 0 Å². The Hall–Kier alpha value is -3.94. The number of aryl methyl sites for hydroxylation is 1. The molecule has 0 aliphatic rings. The maximum Gasteiger partial charge on any atom is 0.338 e. The molecule has 154 valence electrons. The quantitative estimate of drug-likeness (QED) is 0.595. The predicted octanol–water partition coefficient (Wildman–Crippen LogP) is 4.16. The van der Waals surface area contributed by atoms with Gasteiger partial charge >= 0.3 is 5.97 Å². The summed E-state index contributed by atoms with van der Waals surface area (Å²) in [6, 6.07) is 13.4. The van der Waals surface area contributed by atoms with Gasteiger partial charge in [-0.1, -0.05) is 18.2 Å². The van der Waals surface area contributed by atoms with E-state index in [-0.39, 0.29) is 17.0 Å². The molecule has 0 fully saturated rings. The smallest absolute Gasteiger partial charge is 0.338 e. The van der Waals surface area contributed by atoms with E-state index in [1.54, 1.807) is 25.1 Å². The zero-order valence-electron chi connectivity index (χ0n) is 16.3. The summed E-state index contributed by atoms with van der Waals surface area (Å²) in [6.07, 6.45) is 0.211. The zero-order chi connectivity index (χ0) is 21.7. The number of amides is 2. The standard InChI is InChI=1S/C22H19FN2O5/c1-13-9-10-15(12-18(13)25-21(27)19-8-5-11-29-19)22(28)30-14(2)20(26)24-17-7-4-3-6-16(17)23/h3-12,14H,1-2H3,(H,24,26)(H,25,27)/t14-/m1/s1. The van der Waals surface area contributed by atoms with Crippen LogP contribution in [0.5, 0.6) is 0 Å². The van der Waals surface area contributed by atoms with Crippen LogP contribution in [0.4, 0.5) is 15.8 Å². The van der Waals surface area contributed by atoms with Crippen molar-refractivity contribution in [3.8, 4) is 0 Å². The monoisotopic (exact) mass is 410 g/mol. The molecule has 8 heteroatoms. The van der Waals surface area contributed by atoms with Gasteiger partial charge in [0.2, 0.25) is 0 Å². The second kappa shape index (κ2) is 9.04. The van der Waals surface area contributed by atoms with Gasteiger partial charge in [0.25, 0.3) is 11.8 Å². The van der Waals surface area contributed by atoms with Crippen LogP contribution in [0, 0.1) is 12.7 Å². The summed E-state index contributed by atoms with van der Waals surface area (Å²) in [4.78, 5) is 36.8. The highest BCUT2D eigenvalue weighted by Gasteiger charge is 2.21. The van der Waals surface area contributed by atoms with E-state index in [1.165, 1.54) is 49.6 Å². The summed E-state index contributed by atoms with van der Waals surface area (Å²) in [7, 11) is 0. The Morgan fingerprint density at radius 3 is 2.47 bits per heavy atom. The molecule has 0 radical (unpaired) electrons. The number of anilines is 2. The third kappa shape index (κ3) is 4.91. The molecular weight excluding hydrogens is 391 g/mol. The van der Waals surface area contributed by atoms with Gasteiger partial charge in [-0.05, 0) is 55.8 Å². The summed E-state index contributed by atoms with van der Waals surface area (Å²) in [5, 5.41) is 5.03. The third-order valence-corrected chi connectivity index (χ3v) is 4.25. The SMILES string of the molecule is Cc1ccc(C(=O)O[C@H](C)C(=O)Nc2ccccc2F)cc1NC(=O)c1ccco1. The number of para-hydroxylation sites is 1. The lowest BCUT2D eigenvalue weighted by atomic mass is 10.1. The molecule has 3 rings (SSSR count). The van der Waals surface area contributed by atoms with Crippen molar-refractivity contribution in [1.82, 2.24) is 0 Å². The number of nitrogens with one attached hydrogen (secondary N) is 2. The molecule has 0 unspecified atom stereocenters. The first kappa shape index (κ1) is 20.8. The van der Waals surface area contributed by atoms with Crippen molar-refractivity contribution in [1.29, 1.82) is 0 Å². The molecule has 0 saturated heterocycles. The van der Waals surface area contributed by atoms with Crippen LogP contribution < -0.4 is 10.6 Å². The molecule has 3 aromatic rings. The number of rotatable bonds is 6. The van der Waals surface area contributed by atoms with Gasteiger partial charge in [-0.15, -0.1) is 0 Å². The number of halogens is 1. The van der Waals surface area contributed by atoms with Crippen molar-refractivity contribution in [3.63, 3.8) is 0 Å². The van der Waals surface area contributed by atoms with E-state index in [1.807, 2.05) is 0 Å². The molecule has 0 bridgehead atoms. The number of carbonyl (C=O) groups excluding carboxylic acids is 3. The fraction of sp³-hybridized carbons (Fsp3) is 0.136. The van der Waals surface area contributed by atoms with Crippen molar-refractivity contribution >= 4 is 29.2 Å². The molecular formula is C22H19FN2O5. The van der Waals surface area contributed by atoms with Crippen LogP contribution in [0.15, 0.2) is 65.3 Å². The molecule has 0 aliphatic heterocycles. The van der Waals surface area contributed by atoms with Gasteiger partial charge in [-0.25, -0.2) is 9.18 Å². The van der Waals surface area contributed by atoms with Crippen LogP contribution in [0.25, 0.3) is 0 Å². The van der Waals surface area contributed by atoms with Gasteiger partial charge in [0, 0.05) is 5.69 Å². The van der Waals surface area contributed by atoms with Crippen LogP contribution in [0.2, 0.25) is 0 Å². The van der Waals surface area contributed by atoms with E-state index >= 15 is 0 Å². The van der Waals surface area contributed by atoms with Crippen LogP contribution in [0.3, 0.4) is 0 Å². The third-order valence-electron chi connectivity index (χ3n) is 4.25. The van der Waals surface area contributed by atoms with Gasteiger partial charge in [0.05, 0.1) is 17.5 Å². The second-order valence-corrected chi connectivity index (χ2v) is 6.48. The number of carbonyl (C=O) groups is 3. The molecule has 30 heavy (non-hydrogen) atoms. The molecule has 2 amide bonds. The van der Waals surface area contributed by atoms with Crippen molar-refractivity contribution in [2.75, 3.05) is 10.6 Å². The minimum Gasteiger partial charge on any atom is -0.459 e. The molecule has 7 nitrogen and oxygen atoms in total. The number of esters is 1. The summed E-state index contributed by atoms with van der Waals surface area (Å²) < 4.78 is 23.9. The van der Waals surface area contributed by atoms with Gasteiger partial charge in [0.15, 0.2) is 11.9 Å². The number of furan rings is 1. The van der Waals surface area contributed by atoms with E-state index in [2.05, 4.69) is 10.6 Å². The second-order valence-electron chi connectivity index (χ2n) is 6.48. The lowest BCUT2D eigenvalue weighted by molar-refractivity contribution is -0.123. The Morgan fingerprint density at radius 2 is 1.77 bits per heavy atom. The first-order valence-electron chi connectivity index (χ1n) is 9.07. The molecule has 0 aliphatic carbocycles. The lowest BCUT2D eigenvalue weighted by Crippen LogP contribution is -2.30. The van der Waals surface area contributed by atoms with Gasteiger partial charge in [-0.2, -0.15) is 0 Å². The van der Waals surface area contributed by atoms with Crippen molar-refractivity contribution < 1.29 is 27.9 Å². The molecule has 1 heterocycles. The maximum atomic E-state index is 13.7. The summed E-state index contributed by atoms with van der Waals surface area (Å²) in [5.74, 6) is -2.38. The van der Waals surface area contributed by atoms with E-state index in [0.717, 1.165) is 5.56 Å². The van der Waals surface area contributed by atoms with Crippen molar-refractivity contribution in [2.45, 2.75) is 20.0 Å². The summed E-state index contributed by atoms with van der Waals surface area (Å²) in [6.45, 7) is 3.14. The van der Waals surface area contributed by atoms with Crippen LogP contribution in [0.1, 0.15) is 33.4 Å². The molecule has 1 aromatic heterocycles. The topological polar surface area (TPSA) is 97.6 Å². The molecule has 2 aromatic carbocycles. The minimum absolute atomic E-state index is 0.0105. The Bertz CT molecular complexity index is 1080. The van der Waals surface area contributed by atoms with Crippen molar-refractivity contribution in [2.24, 2.45) is 0 Å². The van der Waals surface area contributed by atoms with E-state index in [4.69, 9.17) is 9.15 Å². The van der Waals surface area contributed by atoms with Gasteiger partial charge < -0.3 is 19.8 Å². The number of benzene rings is 2. The average molecular weight is 410 g/mol. The van der Waals surface area contributed by atoms with Gasteiger partial charge in [-0.3, -0.25) is 9.59 Å². The highest BCUT2D eigenvalue weighted by Crippen LogP contribution is 2.20. The first-order chi connectivity index (χ1) is 14.3. The Kier molecular flexibility index (Phi) is 6.26. The molecule has 1 atom stereocenters. The van der Waals surface area contributed by atoms with Crippen LogP contribution in [-0.2, 0) is 9.53 Å². The maximum absolute atomic E-state index is 13.7. The van der Waals surface area contributed by atoms with Gasteiger partial charge in [0.1, 0.15) is 5.82 Å². The normalized spacial score (nSPS) is 11.4. The Labute approximate surface area is 171 Å². The van der Waals surface area contributed by atoms with E-state index in [0.29, 0.717) is 5.69 Å². The average Bonchev–Trinajstić information content (AvgIpc) is 3.26.